The van der Waals surface area contributed by atoms with Crippen molar-refractivity contribution in [2.24, 2.45) is 0 Å². The lowest BCUT2D eigenvalue weighted by Gasteiger charge is -2.42. The van der Waals surface area contributed by atoms with Crippen LogP contribution in [0.25, 0.3) is 0 Å². The summed E-state index contributed by atoms with van der Waals surface area (Å²) in [4.78, 5) is 2.30. The number of likely N-dealkylation sites (tertiary alicyclic amines) is 1. The minimum Gasteiger partial charge on any atom is -0.496 e. The van der Waals surface area contributed by atoms with Gasteiger partial charge in [0.2, 0.25) is 0 Å². The standard InChI is InChI=1S/C13H17ClFNO/c1-8(2)16-6-9(7-16)12-11(17-3)5-4-10(14)13(12)15/h4-5,8-9H,6-7H2,1-3H3. The van der Waals surface area contributed by atoms with E-state index in [0.717, 1.165) is 13.1 Å². The highest BCUT2D eigenvalue weighted by Crippen LogP contribution is 2.38. The molecule has 1 aliphatic rings. The summed E-state index contributed by atoms with van der Waals surface area (Å²) in [6.07, 6.45) is 0. The van der Waals surface area contributed by atoms with Gasteiger partial charge in [0.05, 0.1) is 12.1 Å². The van der Waals surface area contributed by atoms with Gasteiger partial charge in [0.25, 0.3) is 0 Å². The SMILES string of the molecule is COc1ccc(Cl)c(F)c1C1CN(C(C)C)C1. The van der Waals surface area contributed by atoms with Gasteiger partial charge in [-0.05, 0) is 26.0 Å². The highest BCUT2D eigenvalue weighted by molar-refractivity contribution is 6.30. The molecular formula is C13H17ClFNO. The van der Waals surface area contributed by atoms with Crippen molar-refractivity contribution in [2.45, 2.75) is 25.8 Å². The Morgan fingerprint density at radius 2 is 2.06 bits per heavy atom. The molecule has 0 bridgehead atoms. The van der Waals surface area contributed by atoms with Crippen molar-refractivity contribution >= 4 is 11.6 Å². The predicted octanol–water partition coefficient (Wildman–Crippen LogP) is 3.30. The zero-order valence-corrected chi connectivity index (χ0v) is 11.1. The van der Waals surface area contributed by atoms with Crippen molar-refractivity contribution in [1.82, 2.24) is 4.90 Å². The van der Waals surface area contributed by atoms with Gasteiger partial charge in [-0.2, -0.15) is 0 Å². The van der Waals surface area contributed by atoms with Crippen LogP contribution in [0.1, 0.15) is 25.3 Å². The monoisotopic (exact) mass is 257 g/mol. The summed E-state index contributed by atoms with van der Waals surface area (Å²) in [7, 11) is 1.56. The van der Waals surface area contributed by atoms with Gasteiger partial charge in [0.1, 0.15) is 11.6 Å². The molecule has 1 aromatic rings. The molecule has 0 saturated carbocycles. The Bertz CT molecular complexity index is 416. The zero-order valence-electron chi connectivity index (χ0n) is 10.3. The molecule has 1 heterocycles. The average molecular weight is 258 g/mol. The third kappa shape index (κ3) is 2.26. The van der Waals surface area contributed by atoms with Gasteiger partial charge < -0.3 is 4.74 Å². The number of rotatable bonds is 3. The number of nitrogens with zero attached hydrogens (tertiary/aromatic N) is 1. The van der Waals surface area contributed by atoms with Crippen LogP contribution >= 0.6 is 11.6 Å². The van der Waals surface area contributed by atoms with Crippen LogP contribution in [0.4, 0.5) is 4.39 Å². The smallest absolute Gasteiger partial charge is 0.149 e. The first kappa shape index (κ1) is 12.7. The lowest BCUT2D eigenvalue weighted by Crippen LogP contribution is -2.48. The van der Waals surface area contributed by atoms with E-state index in [-0.39, 0.29) is 16.8 Å². The number of hydrogen-bond acceptors (Lipinski definition) is 2. The molecule has 1 saturated heterocycles. The molecule has 94 valence electrons. The van der Waals surface area contributed by atoms with E-state index in [9.17, 15) is 4.39 Å². The average Bonchev–Trinajstić information content (AvgIpc) is 2.22. The number of halogens is 2. The van der Waals surface area contributed by atoms with E-state index in [1.54, 1.807) is 13.2 Å². The van der Waals surface area contributed by atoms with E-state index in [4.69, 9.17) is 16.3 Å². The molecule has 0 spiro atoms. The Labute approximate surface area is 106 Å². The Balaban J connectivity index is 2.24. The van der Waals surface area contributed by atoms with Gasteiger partial charge in [0, 0.05) is 30.6 Å². The number of ether oxygens (including phenoxy) is 1. The normalized spacial score (nSPS) is 17.3. The Morgan fingerprint density at radius 3 is 2.59 bits per heavy atom. The van der Waals surface area contributed by atoms with E-state index in [1.165, 1.54) is 6.07 Å². The second-order valence-corrected chi connectivity index (χ2v) is 5.13. The minimum atomic E-state index is -0.334. The molecule has 2 rings (SSSR count). The zero-order chi connectivity index (χ0) is 12.6. The molecule has 1 aliphatic heterocycles. The van der Waals surface area contributed by atoms with Crippen molar-refractivity contribution in [3.63, 3.8) is 0 Å². The van der Waals surface area contributed by atoms with Crippen molar-refractivity contribution in [3.05, 3.63) is 28.5 Å². The van der Waals surface area contributed by atoms with Crippen LogP contribution in [0.2, 0.25) is 5.02 Å². The Morgan fingerprint density at radius 1 is 1.41 bits per heavy atom. The van der Waals surface area contributed by atoms with Gasteiger partial charge in [-0.15, -0.1) is 0 Å². The highest BCUT2D eigenvalue weighted by Gasteiger charge is 2.34. The number of hydrogen-bond donors (Lipinski definition) is 0. The molecule has 0 aromatic heterocycles. The molecule has 17 heavy (non-hydrogen) atoms. The molecule has 0 aliphatic carbocycles. The third-order valence-electron chi connectivity index (χ3n) is 3.36. The van der Waals surface area contributed by atoms with Crippen LogP contribution < -0.4 is 4.74 Å². The summed E-state index contributed by atoms with van der Waals surface area (Å²) in [6, 6.07) is 3.77. The maximum absolute atomic E-state index is 14.0. The molecule has 4 heteroatoms. The molecule has 0 N–H and O–H groups in total. The van der Waals surface area contributed by atoms with Crippen LogP contribution in [0.5, 0.6) is 5.75 Å². The van der Waals surface area contributed by atoms with Gasteiger partial charge in [0.15, 0.2) is 0 Å². The molecule has 2 nitrogen and oxygen atoms in total. The van der Waals surface area contributed by atoms with Crippen molar-refractivity contribution in [1.29, 1.82) is 0 Å². The van der Waals surface area contributed by atoms with E-state index in [0.29, 0.717) is 17.4 Å². The van der Waals surface area contributed by atoms with E-state index in [1.807, 2.05) is 0 Å². The lowest BCUT2D eigenvalue weighted by atomic mass is 9.89. The fourth-order valence-electron chi connectivity index (χ4n) is 2.22. The third-order valence-corrected chi connectivity index (χ3v) is 3.65. The first-order valence-corrected chi connectivity index (χ1v) is 6.18. The first-order chi connectivity index (χ1) is 8.04. The van der Waals surface area contributed by atoms with E-state index < -0.39 is 0 Å². The largest absolute Gasteiger partial charge is 0.496 e. The number of benzene rings is 1. The number of methoxy groups -OCH3 is 1. The maximum Gasteiger partial charge on any atom is 0.149 e. The van der Waals surface area contributed by atoms with Crippen molar-refractivity contribution < 1.29 is 9.13 Å². The second-order valence-electron chi connectivity index (χ2n) is 4.72. The molecule has 0 unspecified atom stereocenters. The van der Waals surface area contributed by atoms with Crippen LogP contribution in [-0.4, -0.2) is 31.1 Å². The molecule has 0 radical (unpaired) electrons. The summed E-state index contributed by atoms with van der Waals surface area (Å²) in [5.41, 5.74) is 0.622. The van der Waals surface area contributed by atoms with E-state index >= 15 is 0 Å². The summed E-state index contributed by atoms with van der Waals surface area (Å²) in [6.45, 7) is 6.01. The fraction of sp³-hybridized carbons (Fsp3) is 0.538. The van der Waals surface area contributed by atoms with Crippen molar-refractivity contribution in [2.75, 3.05) is 20.2 Å². The second kappa shape index (κ2) is 4.83. The predicted molar refractivity (Wildman–Crippen MR) is 67.4 cm³/mol. The van der Waals surface area contributed by atoms with Crippen LogP contribution in [0.3, 0.4) is 0 Å². The summed E-state index contributed by atoms with van der Waals surface area (Å²) in [5, 5.41) is 0.170. The summed E-state index contributed by atoms with van der Waals surface area (Å²) in [5.74, 6) is 0.450. The summed E-state index contributed by atoms with van der Waals surface area (Å²) < 4.78 is 19.2. The summed E-state index contributed by atoms with van der Waals surface area (Å²) >= 11 is 5.82. The van der Waals surface area contributed by atoms with Crippen molar-refractivity contribution in [3.8, 4) is 5.75 Å². The quantitative estimate of drug-likeness (QED) is 0.824. The lowest BCUT2D eigenvalue weighted by molar-refractivity contribution is 0.106. The first-order valence-electron chi connectivity index (χ1n) is 5.80. The topological polar surface area (TPSA) is 12.5 Å². The van der Waals surface area contributed by atoms with E-state index in [2.05, 4.69) is 18.7 Å². The molecular weight excluding hydrogens is 241 g/mol. The highest BCUT2D eigenvalue weighted by atomic mass is 35.5. The molecule has 1 fully saturated rings. The molecule has 0 atom stereocenters. The van der Waals surface area contributed by atoms with Crippen LogP contribution in [-0.2, 0) is 0 Å². The molecule has 0 amide bonds. The van der Waals surface area contributed by atoms with Gasteiger partial charge in [-0.25, -0.2) is 4.39 Å². The Kier molecular flexibility index (Phi) is 3.59. The molecule has 1 aromatic carbocycles. The van der Waals surface area contributed by atoms with Crippen LogP contribution in [0.15, 0.2) is 12.1 Å². The van der Waals surface area contributed by atoms with Gasteiger partial charge in [-0.1, -0.05) is 11.6 Å². The Hall–Kier alpha value is -0.800. The maximum atomic E-state index is 14.0. The fourth-order valence-corrected chi connectivity index (χ4v) is 2.39. The van der Waals surface area contributed by atoms with Gasteiger partial charge in [-0.3, -0.25) is 4.90 Å². The van der Waals surface area contributed by atoms with Crippen LogP contribution in [0, 0.1) is 5.82 Å². The minimum absolute atomic E-state index is 0.170. The van der Waals surface area contributed by atoms with Gasteiger partial charge >= 0.3 is 0 Å².